The Kier molecular flexibility index (Phi) is 3.01. The number of carbonyl (C=O) groups excluding carboxylic acids is 1. The molecule has 0 unspecified atom stereocenters. The maximum Gasteiger partial charge on any atom is 0.269 e. The summed E-state index contributed by atoms with van der Waals surface area (Å²) in [5, 5.41) is 20.4. The van der Waals surface area contributed by atoms with E-state index < -0.39 is 11.0 Å². The number of hydrogen-bond donors (Lipinski definition) is 1. The second-order valence-corrected chi connectivity index (χ2v) is 3.87. The van der Waals surface area contributed by atoms with Gasteiger partial charge in [-0.25, -0.2) is 0 Å². The van der Waals surface area contributed by atoms with E-state index in [0.717, 1.165) is 0 Å². The number of rotatable bonds is 3. The molecule has 1 aromatic carbocycles. The van der Waals surface area contributed by atoms with Gasteiger partial charge >= 0.3 is 0 Å². The molecule has 88 valence electrons. The molecule has 0 fully saturated rings. The lowest BCUT2D eigenvalue weighted by atomic mass is 10.0. The maximum absolute atomic E-state index is 11.4. The van der Waals surface area contributed by atoms with Crippen LogP contribution in [0, 0.1) is 10.1 Å². The minimum atomic E-state index is -0.981. The van der Waals surface area contributed by atoms with Gasteiger partial charge in [0.15, 0.2) is 5.78 Å². The van der Waals surface area contributed by atoms with Gasteiger partial charge in [-0.1, -0.05) is 6.08 Å². The Morgan fingerprint density at radius 3 is 2.41 bits per heavy atom. The van der Waals surface area contributed by atoms with Crippen molar-refractivity contribution in [3.05, 3.63) is 51.6 Å². The predicted octanol–water partition coefficient (Wildman–Crippen LogP) is 1.92. The highest BCUT2D eigenvalue weighted by atomic mass is 16.6. The fourth-order valence-corrected chi connectivity index (χ4v) is 1.84. The zero-order valence-electron chi connectivity index (χ0n) is 9.00. The summed E-state index contributed by atoms with van der Waals surface area (Å²) in [5.41, 5.74) is 0.851. The summed E-state index contributed by atoms with van der Waals surface area (Å²) >= 11 is 0. The van der Waals surface area contributed by atoms with Gasteiger partial charge in [-0.2, -0.15) is 0 Å². The second kappa shape index (κ2) is 4.47. The Bertz CT molecular complexity index is 490. The molecule has 1 N–H and O–H groups in total. The molecule has 0 aliphatic heterocycles. The third kappa shape index (κ3) is 2.24. The molecule has 2 rings (SSSR count). The van der Waals surface area contributed by atoms with Crippen LogP contribution in [0.5, 0.6) is 0 Å². The van der Waals surface area contributed by atoms with Crippen LogP contribution in [0.15, 0.2) is 35.9 Å². The normalized spacial score (nSPS) is 16.8. The summed E-state index contributed by atoms with van der Waals surface area (Å²) in [7, 11) is 0. The Labute approximate surface area is 97.5 Å². The Morgan fingerprint density at radius 2 is 1.94 bits per heavy atom. The predicted molar refractivity (Wildman–Crippen MR) is 60.4 cm³/mol. The van der Waals surface area contributed by atoms with Crippen LogP contribution in [0.2, 0.25) is 0 Å². The molecule has 0 radical (unpaired) electrons. The number of ketones is 1. The van der Waals surface area contributed by atoms with Gasteiger partial charge in [0, 0.05) is 24.1 Å². The molecule has 17 heavy (non-hydrogen) atoms. The number of aliphatic hydroxyl groups is 1. The average Bonchev–Trinajstić information content (AvgIpc) is 2.74. The van der Waals surface area contributed by atoms with Crippen LogP contribution in [-0.2, 0) is 4.79 Å². The van der Waals surface area contributed by atoms with Gasteiger partial charge in [0.05, 0.1) is 4.92 Å². The van der Waals surface area contributed by atoms with Gasteiger partial charge in [-0.05, 0) is 24.1 Å². The van der Waals surface area contributed by atoms with Gasteiger partial charge in [-0.15, -0.1) is 0 Å². The molecule has 5 nitrogen and oxygen atoms in total. The first-order valence-electron chi connectivity index (χ1n) is 5.25. The molecule has 1 aliphatic rings. The van der Waals surface area contributed by atoms with Crippen LogP contribution in [0.3, 0.4) is 0 Å². The van der Waals surface area contributed by atoms with E-state index in [2.05, 4.69) is 0 Å². The zero-order valence-corrected chi connectivity index (χ0v) is 9.00. The van der Waals surface area contributed by atoms with E-state index in [1.807, 2.05) is 0 Å². The standard InChI is InChI=1S/C12H11NO4/c14-11-3-1-2-10(11)12(15)8-4-6-9(7-5-8)13(16)17/h2,4-7,12,15H,1,3H2/t12-/m1/s1. The summed E-state index contributed by atoms with van der Waals surface area (Å²) in [6, 6.07) is 5.57. The Morgan fingerprint density at radius 1 is 1.29 bits per heavy atom. The molecule has 0 heterocycles. The number of allylic oxidation sites excluding steroid dienone is 1. The molecule has 1 aliphatic carbocycles. The average molecular weight is 233 g/mol. The third-order valence-corrected chi connectivity index (χ3v) is 2.77. The minimum Gasteiger partial charge on any atom is -0.384 e. The number of non-ortho nitro benzene ring substituents is 1. The number of carbonyl (C=O) groups is 1. The highest BCUT2D eigenvalue weighted by Gasteiger charge is 2.23. The number of benzene rings is 1. The summed E-state index contributed by atoms with van der Waals surface area (Å²) in [5.74, 6) is -0.0594. The van der Waals surface area contributed by atoms with Gasteiger partial charge in [0.25, 0.3) is 5.69 Å². The molecule has 0 aromatic heterocycles. The van der Waals surface area contributed by atoms with Crippen LogP contribution in [-0.4, -0.2) is 15.8 Å². The van der Waals surface area contributed by atoms with Crippen molar-refractivity contribution >= 4 is 11.5 Å². The van der Waals surface area contributed by atoms with E-state index in [1.54, 1.807) is 6.08 Å². The summed E-state index contributed by atoms with van der Waals surface area (Å²) in [4.78, 5) is 21.4. The number of nitro benzene ring substituents is 1. The van der Waals surface area contributed by atoms with E-state index in [-0.39, 0.29) is 11.5 Å². The van der Waals surface area contributed by atoms with Crippen LogP contribution in [0.25, 0.3) is 0 Å². The minimum absolute atomic E-state index is 0.0346. The van der Waals surface area contributed by atoms with Crippen molar-refractivity contribution in [2.24, 2.45) is 0 Å². The number of aliphatic hydroxyl groups excluding tert-OH is 1. The van der Waals surface area contributed by atoms with Crippen LogP contribution >= 0.6 is 0 Å². The lowest BCUT2D eigenvalue weighted by Crippen LogP contribution is -2.07. The van der Waals surface area contributed by atoms with Gasteiger partial charge < -0.3 is 5.11 Å². The van der Waals surface area contributed by atoms with Crippen LogP contribution < -0.4 is 0 Å². The lowest BCUT2D eigenvalue weighted by molar-refractivity contribution is -0.384. The largest absolute Gasteiger partial charge is 0.384 e. The molecule has 0 saturated carbocycles. The smallest absolute Gasteiger partial charge is 0.269 e. The zero-order chi connectivity index (χ0) is 12.4. The van der Waals surface area contributed by atoms with Crippen molar-refractivity contribution in [1.29, 1.82) is 0 Å². The Hall–Kier alpha value is -2.01. The molecule has 5 heteroatoms. The Balaban J connectivity index is 2.23. The first kappa shape index (κ1) is 11.5. The van der Waals surface area contributed by atoms with Crippen molar-refractivity contribution < 1.29 is 14.8 Å². The van der Waals surface area contributed by atoms with Gasteiger partial charge in [0.1, 0.15) is 6.10 Å². The van der Waals surface area contributed by atoms with E-state index in [9.17, 15) is 20.0 Å². The first-order chi connectivity index (χ1) is 8.09. The highest BCUT2D eigenvalue weighted by Crippen LogP contribution is 2.28. The fraction of sp³-hybridized carbons (Fsp3) is 0.250. The number of nitro groups is 1. The number of nitrogens with zero attached hydrogens (tertiary/aromatic N) is 1. The molecule has 1 atom stereocenters. The summed E-state index contributed by atoms with van der Waals surface area (Å²) in [6.45, 7) is 0. The molecule has 0 amide bonds. The number of hydrogen-bond acceptors (Lipinski definition) is 4. The summed E-state index contributed by atoms with van der Waals surface area (Å²) < 4.78 is 0. The SMILES string of the molecule is O=C1CCC=C1[C@H](O)c1ccc([N+](=O)[O-])cc1. The van der Waals surface area contributed by atoms with Gasteiger partial charge in [0.2, 0.25) is 0 Å². The molecule has 1 aromatic rings. The quantitative estimate of drug-likeness (QED) is 0.638. The van der Waals surface area contributed by atoms with Crippen molar-refractivity contribution in [1.82, 2.24) is 0 Å². The summed E-state index contributed by atoms with van der Waals surface area (Å²) in [6.07, 6.45) is 1.82. The number of Topliss-reactive ketones (excluding diaryl/α,β-unsaturated/α-hetero) is 1. The van der Waals surface area contributed by atoms with Crippen LogP contribution in [0.4, 0.5) is 5.69 Å². The molecule has 0 saturated heterocycles. The van der Waals surface area contributed by atoms with Crippen LogP contribution in [0.1, 0.15) is 24.5 Å². The van der Waals surface area contributed by atoms with Crippen molar-refractivity contribution in [2.75, 3.05) is 0 Å². The second-order valence-electron chi connectivity index (χ2n) is 3.87. The molecule has 0 bridgehead atoms. The third-order valence-electron chi connectivity index (χ3n) is 2.77. The van der Waals surface area contributed by atoms with Crippen molar-refractivity contribution in [3.8, 4) is 0 Å². The van der Waals surface area contributed by atoms with Gasteiger partial charge in [-0.3, -0.25) is 14.9 Å². The van der Waals surface area contributed by atoms with Crippen molar-refractivity contribution in [3.63, 3.8) is 0 Å². The first-order valence-corrected chi connectivity index (χ1v) is 5.25. The lowest BCUT2D eigenvalue weighted by Gasteiger charge is -2.10. The highest BCUT2D eigenvalue weighted by molar-refractivity contribution is 5.98. The molecular weight excluding hydrogens is 222 g/mol. The van der Waals surface area contributed by atoms with E-state index in [4.69, 9.17) is 0 Å². The fourth-order valence-electron chi connectivity index (χ4n) is 1.84. The van der Waals surface area contributed by atoms with Crippen molar-refractivity contribution in [2.45, 2.75) is 18.9 Å². The van der Waals surface area contributed by atoms with E-state index in [1.165, 1.54) is 24.3 Å². The maximum atomic E-state index is 11.4. The molecular formula is C12H11NO4. The molecule has 0 spiro atoms. The van der Waals surface area contributed by atoms with E-state index >= 15 is 0 Å². The van der Waals surface area contributed by atoms with E-state index in [0.29, 0.717) is 24.0 Å². The topological polar surface area (TPSA) is 80.4 Å². The monoisotopic (exact) mass is 233 g/mol.